The summed E-state index contributed by atoms with van der Waals surface area (Å²) in [5.74, 6) is -1.60. The second-order valence-electron chi connectivity index (χ2n) is 27.5. The van der Waals surface area contributed by atoms with E-state index in [0.717, 1.165) is 167 Å². The van der Waals surface area contributed by atoms with Crippen LogP contribution in [0.15, 0.2) is 158 Å². The monoisotopic (exact) mass is 1540 g/mol. The lowest BCUT2D eigenvalue weighted by Crippen LogP contribution is -2.30. The van der Waals surface area contributed by atoms with Crippen molar-refractivity contribution in [3.8, 4) is 0 Å². The van der Waals surface area contributed by atoms with Gasteiger partial charge in [-0.15, -0.1) is 0 Å². The van der Waals surface area contributed by atoms with Crippen LogP contribution < -0.4 is 0 Å². The first kappa shape index (κ1) is 102. The Bertz CT molecular complexity index is 2580. The molecule has 0 saturated carbocycles. The predicted molar refractivity (Wildman–Crippen MR) is 445 cm³/mol. The van der Waals surface area contributed by atoms with Crippen LogP contribution in [0.4, 0.5) is 0 Å². The number of carbonyl (C=O) groups is 3. The molecule has 0 aliphatic rings. The van der Waals surface area contributed by atoms with E-state index in [1.165, 1.54) is 103 Å². The van der Waals surface area contributed by atoms with Gasteiger partial charge in [0.2, 0.25) is 0 Å². The molecule has 0 saturated heterocycles. The number of hydrogen-bond donors (Lipinski definition) is 4. The van der Waals surface area contributed by atoms with Gasteiger partial charge in [-0.1, -0.05) is 326 Å². The zero-order chi connectivity index (χ0) is 78.0. The van der Waals surface area contributed by atoms with Crippen molar-refractivity contribution in [1.29, 1.82) is 0 Å². The molecule has 18 heteroatoms. The number of aliphatic hydroxyl groups is 2. The number of rotatable bonds is 78. The van der Waals surface area contributed by atoms with Crippen LogP contribution in [-0.4, -0.2) is 95.9 Å². The number of phosphoric ester groups is 2. The van der Waals surface area contributed by atoms with E-state index in [1.807, 2.05) is 0 Å². The average molecular weight is 1540 g/mol. The van der Waals surface area contributed by atoms with Crippen LogP contribution in [0, 0.1) is 0 Å². The van der Waals surface area contributed by atoms with E-state index in [2.05, 4.69) is 179 Å². The maximum absolute atomic E-state index is 13.0. The normalized spacial score (nSPS) is 14.7. The molecule has 0 aliphatic heterocycles. The molecule has 0 aromatic heterocycles. The van der Waals surface area contributed by atoms with E-state index in [-0.39, 0.29) is 19.3 Å². The quantitative estimate of drug-likeness (QED) is 0.0146. The van der Waals surface area contributed by atoms with Crippen LogP contribution in [0.2, 0.25) is 0 Å². The Hall–Kier alpha value is -4.83. The highest BCUT2D eigenvalue weighted by molar-refractivity contribution is 7.47. The highest BCUT2D eigenvalue weighted by Gasteiger charge is 2.29. The third-order valence-corrected chi connectivity index (χ3v) is 19.1. The number of allylic oxidation sites excluding steroid dienone is 26. The van der Waals surface area contributed by atoms with Crippen molar-refractivity contribution < 1.29 is 75.8 Å². The number of esters is 3. The van der Waals surface area contributed by atoms with E-state index in [9.17, 15) is 43.5 Å². The van der Waals surface area contributed by atoms with Gasteiger partial charge in [-0.05, 0) is 141 Å². The molecule has 0 radical (unpaired) electrons. The average Bonchev–Trinajstić information content (AvgIpc) is 0.906. The predicted octanol–water partition coefficient (Wildman–Crippen LogP) is 25.0. The minimum atomic E-state index is -4.94. The van der Waals surface area contributed by atoms with Gasteiger partial charge in [0.1, 0.15) is 25.4 Å². The third-order valence-electron chi connectivity index (χ3n) is 17.2. The van der Waals surface area contributed by atoms with Crippen molar-refractivity contribution in [2.45, 2.75) is 347 Å². The summed E-state index contributed by atoms with van der Waals surface area (Å²) in [6.45, 7) is 2.33. The summed E-state index contributed by atoms with van der Waals surface area (Å²) in [5.41, 5.74) is 0. The molecule has 107 heavy (non-hydrogen) atoms. The fourth-order valence-corrected chi connectivity index (χ4v) is 12.6. The minimum absolute atomic E-state index is 0.0800. The Morgan fingerprint density at radius 1 is 0.262 bits per heavy atom. The summed E-state index contributed by atoms with van der Waals surface area (Å²) in [4.78, 5) is 58.8. The van der Waals surface area contributed by atoms with Crippen molar-refractivity contribution in [2.75, 3.05) is 39.6 Å². The van der Waals surface area contributed by atoms with Gasteiger partial charge in [0.15, 0.2) is 6.10 Å². The zero-order valence-corrected chi connectivity index (χ0v) is 68.8. The molecule has 5 unspecified atom stereocenters. The van der Waals surface area contributed by atoms with Crippen molar-refractivity contribution in [1.82, 2.24) is 0 Å². The number of phosphoric acid groups is 2. The molecule has 0 aromatic rings. The molecule has 0 rings (SSSR count). The summed E-state index contributed by atoms with van der Waals surface area (Å²) < 4.78 is 61.2. The maximum atomic E-state index is 13.0. The Kier molecular flexibility index (Phi) is 77.0. The number of hydrogen-bond acceptors (Lipinski definition) is 14. The molecule has 0 fully saturated rings. The van der Waals surface area contributed by atoms with Gasteiger partial charge >= 0.3 is 33.6 Å². The Morgan fingerprint density at radius 2 is 0.467 bits per heavy atom. The van der Waals surface area contributed by atoms with Gasteiger partial charge in [0.25, 0.3) is 0 Å². The standard InChI is InChI=1S/C89H150O16P2/c1-4-7-10-13-16-19-22-25-28-30-32-34-36-38-39-40-41-42-43-45-47-48-50-52-55-57-60-63-66-69-72-75-87(92)99-78-84(90)79-101-106(95,96)102-80-85(91)81-103-107(97,98)104-83-86(105-89(94)77-74-71-68-65-62-59-54-27-24-21-18-15-12-9-6-3)82-100-88(93)76-73-70-67-64-61-58-56-53-51-49-46-44-37-35-33-31-29-26-23-20-17-14-11-8-5-2/h7-12,16-21,25-29,32-35,38-39,44,46,54,84-86,90-91H,4-6,13-15,22-24,30-31,36-37,40-43,45,47-53,55-83H2,1-3H3,(H,95,96)(H,97,98)/b10-7-,11-8-,12-9-,19-16-,20-17-,21-18-,28-25-,29-26-,34-32-,35-33-,39-38-,46-44-,54-27-. The van der Waals surface area contributed by atoms with Crippen LogP contribution in [-0.2, 0) is 55.8 Å². The van der Waals surface area contributed by atoms with E-state index < -0.39 is 91.5 Å². The fourth-order valence-electron chi connectivity index (χ4n) is 11.0. The Balaban J connectivity index is 4.51. The summed E-state index contributed by atoms with van der Waals surface area (Å²) in [7, 11) is -9.81. The Labute approximate surface area is 650 Å². The van der Waals surface area contributed by atoms with Gasteiger partial charge in [0.05, 0.1) is 26.4 Å². The minimum Gasteiger partial charge on any atom is -0.463 e. The first-order chi connectivity index (χ1) is 52.2. The largest absolute Gasteiger partial charge is 0.472 e. The second-order valence-corrected chi connectivity index (χ2v) is 30.4. The van der Waals surface area contributed by atoms with Crippen LogP contribution in [0.1, 0.15) is 329 Å². The lowest BCUT2D eigenvalue weighted by atomic mass is 10.0. The number of aliphatic hydroxyl groups excluding tert-OH is 2. The summed E-state index contributed by atoms with van der Waals surface area (Å²) in [6, 6.07) is 0. The summed E-state index contributed by atoms with van der Waals surface area (Å²) >= 11 is 0. The van der Waals surface area contributed by atoms with Gasteiger partial charge in [0, 0.05) is 19.3 Å². The molecule has 5 atom stereocenters. The lowest BCUT2D eigenvalue weighted by Gasteiger charge is -2.21. The zero-order valence-electron chi connectivity index (χ0n) is 67.0. The lowest BCUT2D eigenvalue weighted by molar-refractivity contribution is -0.161. The van der Waals surface area contributed by atoms with Crippen molar-refractivity contribution in [2.24, 2.45) is 0 Å². The van der Waals surface area contributed by atoms with Gasteiger partial charge in [-0.25, -0.2) is 9.13 Å². The maximum Gasteiger partial charge on any atom is 0.472 e. The SMILES string of the molecule is CC/C=C\C/C=C\C/C=C\C/C=C\C/C=C\CCCCCCCCCCCCCCCCCC(=O)OCC(O)COP(=O)(O)OCC(O)COP(=O)(O)OCC(COC(=O)CCCCCCCCCCC/C=C\C/C=C\C/C=C\C/C=C\C/C=C\CC)OC(=O)CCCCCCC/C=C\C/C=C\C/C=C\CC. The summed E-state index contributed by atoms with van der Waals surface area (Å²) in [5, 5.41) is 20.7. The molecule has 612 valence electrons. The molecule has 0 heterocycles. The molecule has 4 N–H and O–H groups in total. The van der Waals surface area contributed by atoms with Gasteiger partial charge in [-0.3, -0.25) is 32.5 Å². The molecule has 0 aliphatic carbocycles. The first-order valence-corrected chi connectivity index (χ1v) is 44.8. The van der Waals surface area contributed by atoms with Crippen molar-refractivity contribution in [3.63, 3.8) is 0 Å². The van der Waals surface area contributed by atoms with Crippen molar-refractivity contribution >= 4 is 33.6 Å². The summed E-state index contributed by atoms with van der Waals surface area (Å²) in [6.07, 6.45) is 102. The topological polar surface area (TPSA) is 231 Å². The van der Waals surface area contributed by atoms with Crippen LogP contribution in [0.25, 0.3) is 0 Å². The van der Waals surface area contributed by atoms with Crippen molar-refractivity contribution in [3.05, 3.63) is 158 Å². The number of unbranched alkanes of at least 4 members (excludes halogenated alkanes) is 29. The third kappa shape index (κ3) is 82.0. The van der Waals surface area contributed by atoms with E-state index in [1.54, 1.807) is 0 Å². The smallest absolute Gasteiger partial charge is 0.463 e. The number of ether oxygens (including phenoxy) is 3. The highest BCUT2D eigenvalue weighted by atomic mass is 31.2. The first-order valence-electron chi connectivity index (χ1n) is 41.8. The van der Waals surface area contributed by atoms with E-state index >= 15 is 0 Å². The van der Waals surface area contributed by atoms with E-state index in [0.29, 0.717) is 19.3 Å². The number of carbonyl (C=O) groups excluding carboxylic acids is 3. The van der Waals surface area contributed by atoms with Gasteiger partial charge in [-0.2, -0.15) is 0 Å². The van der Waals surface area contributed by atoms with Gasteiger partial charge < -0.3 is 34.2 Å². The molecular weight excluding hydrogens is 1390 g/mol. The van der Waals surface area contributed by atoms with E-state index in [4.69, 9.17) is 32.3 Å². The molecular formula is C89H150O16P2. The Morgan fingerprint density at radius 3 is 0.738 bits per heavy atom. The molecule has 16 nitrogen and oxygen atoms in total. The second kappa shape index (κ2) is 80.7. The van der Waals surface area contributed by atoms with Crippen LogP contribution >= 0.6 is 15.6 Å². The molecule has 0 amide bonds. The highest BCUT2D eigenvalue weighted by Crippen LogP contribution is 2.45. The van der Waals surface area contributed by atoms with Crippen LogP contribution in [0.5, 0.6) is 0 Å². The molecule has 0 bridgehead atoms. The van der Waals surface area contributed by atoms with Crippen LogP contribution in [0.3, 0.4) is 0 Å². The molecule has 0 aromatic carbocycles. The molecule has 0 spiro atoms. The fraction of sp³-hybridized carbons (Fsp3) is 0.674.